The van der Waals surface area contributed by atoms with Gasteiger partial charge in [0.05, 0.1) is 12.7 Å². The third-order valence-corrected chi connectivity index (χ3v) is 3.40. The first kappa shape index (κ1) is 13.7. The summed E-state index contributed by atoms with van der Waals surface area (Å²) < 4.78 is 10.3. The van der Waals surface area contributed by atoms with Gasteiger partial charge >= 0.3 is 0 Å². The van der Waals surface area contributed by atoms with E-state index in [9.17, 15) is 4.79 Å². The number of benzene rings is 1. The number of nitrogens with two attached hydrogens (primary N) is 1. The SMILES string of the molecule is COc1ccc(C(=O)NCC2CCOCC2)c(N)c1. The van der Waals surface area contributed by atoms with Crippen molar-refractivity contribution >= 4 is 11.6 Å². The number of hydrogen-bond acceptors (Lipinski definition) is 4. The minimum atomic E-state index is -0.133. The summed E-state index contributed by atoms with van der Waals surface area (Å²) in [7, 11) is 1.57. The lowest BCUT2D eigenvalue weighted by Crippen LogP contribution is -2.32. The summed E-state index contributed by atoms with van der Waals surface area (Å²) in [6.45, 7) is 2.24. The third kappa shape index (κ3) is 3.61. The molecule has 0 unspecified atom stereocenters. The summed E-state index contributed by atoms with van der Waals surface area (Å²) in [5.74, 6) is 1.02. The van der Waals surface area contributed by atoms with Crippen LogP contribution in [0.5, 0.6) is 5.75 Å². The molecule has 1 heterocycles. The Balaban J connectivity index is 1.92. The molecule has 0 atom stereocenters. The van der Waals surface area contributed by atoms with Crippen LogP contribution in [0.25, 0.3) is 0 Å². The Bertz CT molecular complexity index is 442. The smallest absolute Gasteiger partial charge is 0.253 e. The number of nitrogen functional groups attached to an aromatic ring is 1. The largest absolute Gasteiger partial charge is 0.497 e. The number of nitrogens with one attached hydrogen (secondary N) is 1. The standard InChI is InChI=1S/C14H20N2O3/c1-18-11-2-3-12(13(15)8-11)14(17)16-9-10-4-6-19-7-5-10/h2-3,8,10H,4-7,9,15H2,1H3,(H,16,17). The van der Waals surface area contributed by atoms with Gasteiger partial charge in [-0.15, -0.1) is 0 Å². The predicted octanol–water partition coefficient (Wildman–Crippen LogP) is 1.43. The average Bonchev–Trinajstić information content (AvgIpc) is 2.45. The summed E-state index contributed by atoms with van der Waals surface area (Å²) in [6.07, 6.45) is 2.00. The molecule has 1 aromatic rings. The van der Waals surface area contributed by atoms with Crippen molar-refractivity contribution in [1.82, 2.24) is 5.32 Å². The highest BCUT2D eigenvalue weighted by atomic mass is 16.5. The molecule has 0 bridgehead atoms. The first-order valence-corrected chi connectivity index (χ1v) is 6.50. The van der Waals surface area contributed by atoms with E-state index >= 15 is 0 Å². The van der Waals surface area contributed by atoms with Gasteiger partial charge in [-0.05, 0) is 30.9 Å². The van der Waals surface area contributed by atoms with Gasteiger partial charge in [0, 0.05) is 31.5 Å². The van der Waals surface area contributed by atoms with Crippen LogP contribution in [0.1, 0.15) is 23.2 Å². The number of carbonyl (C=O) groups is 1. The van der Waals surface area contributed by atoms with Crippen molar-refractivity contribution in [3.63, 3.8) is 0 Å². The van der Waals surface area contributed by atoms with E-state index in [1.807, 2.05) is 0 Å². The normalized spacial score (nSPS) is 16.1. The number of hydrogen-bond donors (Lipinski definition) is 2. The molecular weight excluding hydrogens is 244 g/mol. The second kappa shape index (κ2) is 6.43. The van der Waals surface area contributed by atoms with Crippen molar-refractivity contribution < 1.29 is 14.3 Å². The molecule has 5 nitrogen and oxygen atoms in total. The predicted molar refractivity (Wildman–Crippen MR) is 73.3 cm³/mol. The summed E-state index contributed by atoms with van der Waals surface area (Å²) in [4.78, 5) is 12.0. The van der Waals surface area contributed by atoms with Gasteiger partial charge < -0.3 is 20.5 Å². The van der Waals surface area contributed by atoms with Gasteiger partial charge in [-0.25, -0.2) is 0 Å². The molecule has 5 heteroatoms. The molecule has 0 spiro atoms. The van der Waals surface area contributed by atoms with Gasteiger partial charge in [0.25, 0.3) is 5.91 Å². The molecule has 0 aliphatic carbocycles. The number of methoxy groups -OCH3 is 1. The monoisotopic (exact) mass is 264 g/mol. The highest BCUT2D eigenvalue weighted by Crippen LogP contribution is 2.20. The van der Waals surface area contributed by atoms with E-state index in [0.717, 1.165) is 26.1 Å². The Morgan fingerprint density at radius 2 is 2.21 bits per heavy atom. The molecule has 1 saturated heterocycles. The van der Waals surface area contributed by atoms with Crippen LogP contribution in [0, 0.1) is 5.92 Å². The number of ether oxygens (including phenoxy) is 2. The van der Waals surface area contributed by atoms with Crippen molar-refractivity contribution in [2.45, 2.75) is 12.8 Å². The minimum absolute atomic E-state index is 0.133. The highest BCUT2D eigenvalue weighted by molar-refractivity contribution is 5.99. The van der Waals surface area contributed by atoms with Gasteiger partial charge in [-0.1, -0.05) is 0 Å². The molecular formula is C14H20N2O3. The molecule has 1 fully saturated rings. The van der Waals surface area contributed by atoms with Crippen LogP contribution < -0.4 is 15.8 Å². The number of carbonyl (C=O) groups excluding carboxylic acids is 1. The fourth-order valence-corrected chi connectivity index (χ4v) is 2.16. The fraction of sp³-hybridized carbons (Fsp3) is 0.500. The van der Waals surface area contributed by atoms with Gasteiger partial charge in [0.1, 0.15) is 5.75 Å². The summed E-state index contributed by atoms with van der Waals surface area (Å²) in [5.41, 5.74) is 6.77. The van der Waals surface area contributed by atoms with E-state index in [1.54, 1.807) is 25.3 Å². The Morgan fingerprint density at radius 3 is 2.84 bits per heavy atom. The average molecular weight is 264 g/mol. The molecule has 2 rings (SSSR count). The third-order valence-electron chi connectivity index (χ3n) is 3.40. The lowest BCUT2D eigenvalue weighted by Gasteiger charge is -2.22. The van der Waals surface area contributed by atoms with Crippen molar-refractivity contribution in [3.8, 4) is 5.75 Å². The van der Waals surface area contributed by atoms with E-state index in [2.05, 4.69) is 5.32 Å². The zero-order valence-electron chi connectivity index (χ0n) is 11.1. The molecule has 1 amide bonds. The molecule has 3 N–H and O–H groups in total. The van der Waals surface area contributed by atoms with Crippen LogP contribution in [0.15, 0.2) is 18.2 Å². The molecule has 0 radical (unpaired) electrons. The topological polar surface area (TPSA) is 73.6 Å². The summed E-state index contributed by atoms with van der Waals surface area (Å²) in [6, 6.07) is 5.08. The Hall–Kier alpha value is -1.75. The van der Waals surface area contributed by atoms with E-state index in [1.165, 1.54) is 0 Å². The van der Waals surface area contributed by atoms with Crippen LogP contribution in [-0.2, 0) is 4.74 Å². The van der Waals surface area contributed by atoms with Crippen LogP contribution in [0.4, 0.5) is 5.69 Å². The molecule has 104 valence electrons. The quantitative estimate of drug-likeness (QED) is 0.807. The lowest BCUT2D eigenvalue weighted by atomic mass is 10.0. The van der Waals surface area contributed by atoms with E-state index in [4.69, 9.17) is 15.2 Å². The Labute approximate surface area is 113 Å². The Morgan fingerprint density at radius 1 is 1.47 bits per heavy atom. The van der Waals surface area contributed by atoms with Gasteiger partial charge in [0.15, 0.2) is 0 Å². The van der Waals surface area contributed by atoms with Crippen LogP contribution in [0.3, 0.4) is 0 Å². The number of amides is 1. The zero-order chi connectivity index (χ0) is 13.7. The molecule has 0 aromatic heterocycles. The van der Waals surface area contributed by atoms with E-state index in [0.29, 0.717) is 29.5 Å². The fourth-order valence-electron chi connectivity index (χ4n) is 2.16. The molecule has 1 aliphatic heterocycles. The number of rotatable bonds is 4. The molecule has 1 aromatic carbocycles. The Kier molecular flexibility index (Phi) is 4.63. The highest BCUT2D eigenvalue weighted by Gasteiger charge is 2.16. The first-order valence-electron chi connectivity index (χ1n) is 6.50. The maximum atomic E-state index is 12.0. The van der Waals surface area contributed by atoms with Crippen molar-refractivity contribution in [2.75, 3.05) is 32.6 Å². The van der Waals surface area contributed by atoms with Crippen molar-refractivity contribution in [3.05, 3.63) is 23.8 Å². The maximum Gasteiger partial charge on any atom is 0.253 e. The minimum Gasteiger partial charge on any atom is -0.497 e. The molecule has 1 aliphatic rings. The maximum absolute atomic E-state index is 12.0. The number of anilines is 1. The first-order chi connectivity index (χ1) is 9.20. The van der Waals surface area contributed by atoms with E-state index < -0.39 is 0 Å². The summed E-state index contributed by atoms with van der Waals surface area (Å²) in [5, 5.41) is 2.93. The van der Waals surface area contributed by atoms with Crippen LogP contribution in [0.2, 0.25) is 0 Å². The molecule has 19 heavy (non-hydrogen) atoms. The zero-order valence-corrected chi connectivity index (χ0v) is 11.1. The second-order valence-electron chi connectivity index (χ2n) is 4.72. The van der Waals surface area contributed by atoms with Crippen LogP contribution >= 0.6 is 0 Å². The van der Waals surface area contributed by atoms with Gasteiger partial charge in [-0.3, -0.25) is 4.79 Å². The van der Waals surface area contributed by atoms with Crippen molar-refractivity contribution in [2.24, 2.45) is 5.92 Å². The van der Waals surface area contributed by atoms with Gasteiger partial charge in [-0.2, -0.15) is 0 Å². The van der Waals surface area contributed by atoms with Crippen LogP contribution in [-0.4, -0.2) is 32.8 Å². The lowest BCUT2D eigenvalue weighted by molar-refractivity contribution is 0.0643. The van der Waals surface area contributed by atoms with E-state index in [-0.39, 0.29) is 5.91 Å². The van der Waals surface area contributed by atoms with Gasteiger partial charge in [0.2, 0.25) is 0 Å². The summed E-state index contributed by atoms with van der Waals surface area (Å²) >= 11 is 0. The second-order valence-corrected chi connectivity index (χ2v) is 4.72. The molecule has 0 saturated carbocycles. The van der Waals surface area contributed by atoms with Crippen molar-refractivity contribution in [1.29, 1.82) is 0 Å².